The van der Waals surface area contributed by atoms with Gasteiger partial charge in [-0.2, -0.15) is 4.31 Å². The average molecular weight is 417 g/mol. The van der Waals surface area contributed by atoms with Crippen LogP contribution < -0.4 is 0 Å². The molecule has 0 aliphatic carbocycles. The molecule has 116 valence electrons. The van der Waals surface area contributed by atoms with Crippen LogP contribution in [0.1, 0.15) is 6.92 Å². The molecule has 0 unspecified atom stereocenters. The van der Waals surface area contributed by atoms with Gasteiger partial charge in [0.2, 0.25) is 10.0 Å². The van der Waals surface area contributed by atoms with Crippen molar-refractivity contribution in [3.8, 4) is 0 Å². The van der Waals surface area contributed by atoms with E-state index >= 15 is 0 Å². The van der Waals surface area contributed by atoms with E-state index in [2.05, 4.69) is 15.9 Å². The maximum absolute atomic E-state index is 12.6. The first-order chi connectivity index (χ1) is 9.64. The first-order valence-electron chi connectivity index (χ1n) is 6.02. The van der Waals surface area contributed by atoms with E-state index in [4.69, 9.17) is 28.3 Å². The second-order valence-corrected chi connectivity index (χ2v) is 8.55. The Kier molecular flexibility index (Phi) is 4.90. The summed E-state index contributed by atoms with van der Waals surface area (Å²) in [6.07, 6.45) is 0. The Morgan fingerprint density at radius 1 is 1.33 bits per heavy atom. The van der Waals surface area contributed by atoms with Crippen molar-refractivity contribution in [2.75, 3.05) is 13.1 Å². The molecular weight excluding hydrogens is 405 g/mol. The minimum atomic E-state index is -3.93. The molecular formula is C12H12BrCl2NO4S. The molecule has 21 heavy (non-hydrogen) atoms. The van der Waals surface area contributed by atoms with Crippen LogP contribution in [0.25, 0.3) is 0 Å². The van der Waals surface area contributed by atoms with Crippen LogP contribution >= 0.6 is 39.1 Å². The van der Waals surface area contributed by atoms with E-state index in [-0.39, 0.29) is 33.9 Å². The summed E-state index contributed by atoms with van der Waals surface area (Å²) in [5.74, 6) is -2.01. The molecule has 1 aliphatic heterocycles. The molecule has 1 N–H and O–H groups in total. The third kappa shape index (κ3) is 3.22. The predicted molar refractivity (Wildman–Crippen MR) is 83.2 cm³/mol. The van der Waals surface area contributed by atoms with E-state index in [1.54, 1.807) is 6.92 Å². The van der Waals surface area contributed by atoms with Crippen LogP contribution in [-0.4, -0.2) is 36.9 Å². The Bertz CT molecular complexity index is 671. The van der Waals surface area contributed by atoms with Gasteiger partial charge in [0.25, 0.3) is 0 Å². The lowest BCUT2D eigenvalue weighted by molar-refractivity contribution is -0.142. The fourth-order valence-corrected chi connectivity index (χ4v) is 5.80. The summed E-state index contributed by atoms with van der Waals surface area (Å²) < 4.78 is 27.0. The second-order valence-electron chi connectivity index (χ2n) is 4.94. The number of hydrogen-bond acceptors (Lipinski definition) is 3. The number of aliphatic carboxylic acids is 1. The van der Waals surface area contributed by atoms with Gasteiger partial charge in [0.15, 0.2) is 0 Å². The largest absolute Gasteiger partial charge is 0.481 e. The lowest BCUT2D eigenvalue weighted by Gasteiger charge is -2.18. The van der Waals surface area contributed by atoms with Crippen molar-refractivity contribution < 1.29 is 18.3 Å². The third-order valence-electron chi connectivity index (χ3n) is 3.46. The monoisotopic (exact) mass is 415 g/mol. The van der Waals surface area contributed by atoms with Gasteiger partial charge in [-0.25, -0.2) is 8.42 Å². The fourth-order valence-electron chi connectivity index (χ4n) is 2.34. The normalized spacial score (nSPS) is 23.4. The van der Waals surface area contributed by atoms with Crippen LogP contribution in [0.5, 0.6) is 0 Å². The van der Waals surface area contributed by atoms with Crippen molar-refractivity contribution in [2.24, 2.45) is 11.8 Å². The highest BCUT2D eigenvalue weighted by molar-refractivity contribution is 9.10. The predicted octanol–water partition coefficient (Wildman–Crippen LogP) is 3.10. The van der Waals surface area contributed by atoms with Gasteiger partial charge in [-0.15, -0.1) is 0 Å². The zero-order chi connectivity index (χ0) is 15.9. The maximum atomic E-state index is 12.6. The zero-order valence-corrected chi connectivity index (χ0v) is 14.8. The summed E-state index contributed by atoms with van der Waals surface area (Å²) in [5, 5.41) is 9.10. The highest BCUT2D eigenvalue weighted by Crippen LogP contribution is 2.37. The van der Waals surface area contributed by atoms with Crippen LogP contribution in [0.3, 0.4) is 0 Å². The molecule has 5 nitrogen and oxygen atoms in total. The number of carboxylic acid groups (broad SMARTS) is 1. The molecule has 0 aromatic heterocycles. The van der Waals surface area contributed by atoms with Gasteiger partial charge in [-0.3, -0.25) is 4.79 Å². The van der Waals surface area contributed by atoms with Crippen molar-refractivity contribution >= 4 is 55.1 Å². The Morgan fingerprint density at radius 2 is 1.86 bits per heavy atom. The lowest BCUT2D eigenvalue weighted by Crippen LogP contribution is -2.30. The first kappa shape index (κ1) is 17.0. The standard InChI is InChI=1S/C12H12BrCl2NO4S/c1-6-4-16(5-8(6)12(17)18)21(19,20)11-9(14)2-7(13)3-10(11)15/h2-3,6,8H,4-5H2,1H3,(H,17,18)/t6-,8-/m1/s1. The van der Waals surface area contributed by atoms with Crippen LogP contribution in [0.15, 0.2) is 21.5 Å². The molecule has 1 saturated heterocycles. The van der Waals surface area contributed by atoms with Crippen molar-refractivity contribution in [3.63, 3.8) is 0 Å². The molecule has 0 bridgehead atoms. The second kappa shape index (κ2) is 6.04. The molecule has 0 radical (unpaired) electrons. The number of nitrogens with zero attached hydrogens (tertiary/aromatic N) is 1. The van der Waals surface area contributed by atoms with E-state index in [1.165, 1.54) is 12.1 Å². The Hall–Kier alpha value is -0.340. The van der Waals surface area contributed by atoms with E-state index in [9.17, 15) is 13.2 Å². The number of halogens is 3. The van der Waals surface area contributed by atoms with E-state index in [0.29, 0.717) is 4.47 Å². The number of carbonyl (C=O) groups is 1. The summed E-state index contributed by atoms with van der Waals surface area (Å²) in [5.41, 5.74) is 0. The van der Waals surface area contributed by atoms with Crippen LogP contribution in [0.2, 0.25) is 10.0 Å². The summed E-state index contributed by atoms with van der Waals surface area (Å²) >= 11 is 15.2. The lowest BCUT2D eigenvalue weighted by atomic mass is 9.99. The summed E-state index contributed by atoms with van der Waals surface area (Å²) in [7, 11) is -3.93. The Balaban J connectivity index is 2.43. The van der Waals surface area contributed by atoms with Crippen molar-refractivity contribution in [1.29, 1.82) is 0 Å². The molecule has 1 heterocycles. The molecule has 2 atom stereocenters. The van der Waals surface area contributed by atoms with Crippen molar-refractivity contribution in [3.05, 3.63) is 26.7 Å². The van der Waals surface area contributed by atoms with Gasteiger partial charge in [-0.05, 0) is 18.1 Å². The number of rotatable bonds is 3. The van der Waals surface area contributed by atoms with Gasteiger partial charge >= 0.3 is 5.97 Å². The molecule has 1 aliphatic rings. The Morgan fingerprint density at radius 3 is 2.29 bits per heavy atom. The highest BCUT2D eigenvalue weighted by atomic mass is 79.9. The molecule has 0 spiro atoms. The summed E-state index contributed by atoms with van der Waals surface area (Å²) in [4.78, 5) is 10.9. The van der Waals surface area contributed by atoms with Crippen molar-refractivity contribution in [2.45, 2.75) is 11.8 Å². The first-order valence-corrected chi connectivity index (χ1v) is 9.01. The van der Waals surface area contributed by atoms with E-state index < -0.39 is 21.9 Å². The van der Waals surface area contributed by atoms with Gasteiger partial charge in [0.05, 0.1) is 16.0 Å². The molecule has 1 aromatic rings. The highest BCUT2D eigenvalue weighted by Gasteiger charge is 2.42. The molecule has 0 amide bonds. The van der Waals surface area contributed by atoms with E-state index in [1.807, 2.05) is 0 Å². The maximum Gasteiger partial charge on any atom is 0.308 e. The number of benzene rings is 1. The summed E-state index contributed by atoms with van der Waals surface area (Å²) in [6, 6.07) is 2.88. The molecule has 1 fully saturated rings. The fraction of sp³-hybridized carbons (Fsp3) is 0.417. The Labute approximate surface area is 141 Å². The number of carboxylic acids is 1. The van der Waals surface area contributed by atoms with Crippen LogP contribution in [-0.2, 0) is 14.8 Å². The van der Waals surface area contributed by atoms with Crippen LogP contribution in [0, 0.1) is 11.8 Å². The topological polar surface area (TPSA) is 74.7 Å². The van der Waals surface area contributed by atoms with Gasteiger partial charge in [0, 0.05) is 17.6 Å². The SMILES string of the molecule is C[C@@H]1CN(S(=O)(=O)c2c(Cl)cc(Br)cc2Cl)C[C@H]1C(=O)O. The van der Waals surface area contributed by atoms with Gasteiger partial charge in [-0.1, -0.05) is 46.1 Å². The molecule has 1 aromatic carbocycles. The van der Waals surface area contributed by atoms with Gasteiger partial charge < -0.3 is 5.11 Å². The number of sulfonamides is 1. The molecule has 2 rings (SSSR count). The third-order valence-corrected chi connectivity index (χ3v) is 6.67. The zero-order valence-electron chi connectivity index (χ0n) is 10.9. The molecule has 9 heteroatoms. The smallest absolute Gasteiger partial charge is 0.308 e. The summed E-state index contributed by atoms with van der Waals surface area (Å²) in [6.45, 7) is 1.75. The minimum Gasteiger partial charge on any atom is -0.481 e. The van der Waals surface area contributed by atoms with Gasteiger partial charge in [0.1, 0.15) is 4.90 Å². The molecule has 0 saturated carbocycles. The number of hydrogen-bond donors (Lipinski definition) is 1. The van der Waals surface area contributed by atoms with Crippen LogP contribution in [0.4, 0.5) is 0 Å². The van der Waals surface area contributed by atoms with Crippen molar-refractivity contribution in [1.82, 2.24) is 4.31 Å². The van der Waals surface area contributed by atoms with E-state index in [0.717, 1.165) is 4.31 Å². The quantitative estimate of drug-likeness (QED) is 0.821. The minimum absolute atomic E-state index is 0.000744. The average Bonchev–Trinajstić information content (AvgIpc) is 2.70.